The highest BCUT2D eigenvalue weighted by Gasteiger charge is 2.36. The van der Waals surface area contributed by atoms with Crippen LogP contribution in [0.3, 0.4) is 0 Å². The average Bonchev–Trinajstić information content (AvgIpc) is 2.19. The summed E-state index contributed by atoms with van der Waals surface area (Å²) in [7, 11) is 0. The molecule has 2 rings (SSSR count). The zero-order valence-electron chi connectivity index (χ0n) is 8.70. The van der Waals surface area contributed by atoms with Crippen LogP contribution < -0.4 is 11.1 Å². The van der Waals surface area contributed by atoms with Gasteiger partial charge in [0.15, 0.2) is 0 Å². The Balaban J connectivity index is 1.95. The molecule has 1 aliphatic heterocycles. The summed E-state index contributed by atoms with van der Waals surface area (Å²) in [5, 5.41) is 2.49. The first-order valence-corrected chi connectivity index (χ1v) is 5.00. The van der Waals surface area contributed by atoms with Gasteiger partial charge in [-0.25, -0.2) is 4.39 Å². The van der Waals surface area contributed by atoms with Crippen LogP contribution in [-0.4, -0.2) is 24.7 Å². The zero-order valence-corrected chi connectivity index (χ0v) is 8.70. The van der Waals surface area contributed by atoms with Crippen LogP contribution in [0.5, 0.6) is 0 Å². The second-order valence-corrected chi connectivity index (χ2v) is 4.06. The number of nitrogens with one attached hydrogen (secondary N) is 1. The van der Waals surface area contributed by atoms with Crippen LogP contribution in [-0.2, 0) is 9.53 Å². The Bertz CT molecular complexity index is 405. The van der Waals surface area contributed by atoms with Crippen molar-refractivity contribution >= 4 is 11.6 Å². The van der Waals surface area contributed by atoms with Crippen molar-refractivity contribution in [3.05, 3.63) is 30.1 Å². The molecule has 5 heteroatoms. The lowest BCUT2D eigenvalue weighted by molar-refractivity contribution is -0.123. The molecule has 0 radical (unpaired) electrons. The number of carbonyl (C=O) groups is 1. The van der Waals surface area contributed by atoms with Crippen LogP contribution >= 0.6 is 0 Å². The summed E-state index contributed by atoms with van der Waals surface area (Å²) in [6.07, 6.45) is 0.140. The van der Waals surface area contributed by atoms with Gasteiger partial charge >= 0.3 is 0 Å². The molecule has 0 bridgehead atoms. The van der Waals surface area contributed by atoms with Gasteiger partial charge in [0.25, 0.3) is 0 Å². The molecule has 16 heavy (non-hydrogen) atoms. The second-order valence-electron chi connectivity index (χ2n) is 4.06. The first kappa shape index (κ1) is 11.0. The van der Waals surface area contributed by atoms with Crippen molar-refractivity contribution < 1.29 is 13.9 Å². The highest BCUT2D eigenvalue weighted by molar-refractivity contribution is 5.91. The molecule has 0 spiro atoms. The number of benzene rings is 1. The third-order valence-corrected chi connectivity index (χ3v) is 2.44. The van der Waals surface area contributed by atoms with Crippen LogP contribution in [0.25, 0.3) is 0 Å². The van der Waals surface area contributed by atoms with Gasteiger partial charge in [0.2, 0.25) is 5.91 Å². The predicted octanol–water partition coefficient (Wildman–Crippen LogP) is 0.882. The third kappa shape index (κ3) is 2.37. The smallest absolute Gasteiger partial charge is 0.226 e. The molecule has 1 aromatic rings. The molecule has 0 atom stereocenters. The van der Waals surface area contributed by atoms with Gasteiger partial charge in [-0.2, -0.15) is 0 Å². The highest BCUT2D eigenvalue weighted by atomic mass is 19.1. The van der Waals surface area contributed by atoms with E-state index in [2.05, 4.69) is 5.32 Å². The highest BCUT2D eigenvalue weighted by Crippen LogP contribution is 2.19. The first-order chi connectivity index (χ1) is 7.59. The minimum Gasteiger partial charge on any atom is -0.377 e. The van der Waals surface area contributed by atoms with E-state index in [9.17, 15) is 9.18 Å². The van der Waals surface area contributed by atoms with Crippen molar-refractivity contribution in [3.63, 3.8) is 0 Å². The Morgan fingerprint density at radius 3 is 2.75 bits per heavy atom. The van der Waals surface area contributed by atoms with E-state index in [0.29, 0.717) is 13.2 Å². The van der Waals surface area contributed by atoms with Gasteiger partial charge < -0.3 is 15.8 Å². The Hall–Kier alpha value is -1.46. The van der Waals surface area contributed by atoms with Gasteiger partial charge in [-0.1, -0.05) is 12.1 Å². The van der Waals surface area contributed by atoms with E-state index in [1.165, 1.54) is 12.1 Å². The van der Waals surface area contributed by atoms with Crippen molar-refractivity contribution in [2.45, 2.75) is 12.0 Å². The Morgan fingerprint density at radius 1 is 1.50 bits per heavy atom. The van der Waals surface area contributed by atoms with Crippen LogP contribution in [0.2, 0.25) is 0 Å². The molecule has 1 aromatic carbocycles. The second kappa shape index (κ2) is 4.19. The van der Waals surface area contributed by atoms with Gasteiger partial charge in [-0.15, -0.1) is 0 Å². The van der Waals surface area contributed by atoms with Gasteiger partial charge in [-0.3, -0.25) is 4.79 Å². The number of hydrogen-bond acceptors (Lipinski definition) is 3. The van der Waals surface area contributed by atoms with Crippen molar-refractivity contribution in [1.82, 2.24) is 0 Å². The standard InChI is InChI=1S/C11H13FN2O2/c12-8-3-1-2-4-9(8)14-10(15)5-11(13)6-16-7-11/h1-4H,5-7,13H2,(H,14,15). The average molecular weight is 224 g/mol. The molecule has 1 heterocycles. The molecule has 4 nitrogen and oxygen atoms in total. The summed E-state index contributed by atoms with van der Waals surface area (Å²) in [4.78, 5) is 11.6. The van der Waals surface area contributed by atoms with Crippen LogP contribution in [0, 0.1) is 5.82 Å². The fourth-order valence-corrected chi connectivity index (χ4v) is 1.54. The summed E-state index contributed by atoms with van der Waals surface area (Å²) in [6.45, 7) is 0.745. The molecule has 0 saturated carbocycles. The number of hydrogen-bond donors (Lipinski definition) is 2. The molecule has 0 aliphatic carbocycles. The summed E-state index contributed by atoms with van der Waals surface area (Å²) in [5.41, 5.74) is 5.41. The Kier molecular flexibility index (Phi) is 2.89. The van der Waals surface area contributed by atoms with Crippen molar-refractivity contribution in [1.29, 1.82) is 0 Å². The number of halogens is 1. The van der Waals surface area contributed by atoms with E-state index in [0.717, 1.165) is 0 Å². The van der Waals surface area contributed by atoms with E-state index >= 15 is 0 Å². The number of amides is 1. The molecular weight excluding hydrogens is 211 g/mol. The molecule has 1 fully saturated rings. The van der Waals surface area contributed by atoms with E-state index < -0.39 is 11.4 Å². The van der Waals surface area contributed by atoms with E-state index in [-0.39, 0.29) is 18.0 Å². The maximum atomic E-state index is 13.2. The number of nitrogens with two attached hydrogens (primary N) is 1. The molecule has 1 aliphatic rings. The fraction of sp³-hybridized carbons (Fsp3) is 0.364. The quantitative estimate of drug-likeness (QED) is 0.801. The SMILES string of the molecule is NC1(CC(=O)Nc2ccccc2F)COC1. The van der Waals surface area contributed by atoms with Crippen LogP contribution in [0.4, 0.5) is 10.1 Å². The lowest BCUT2D eigenvalue weighted by atomic mass is 9.94. The first-order valence-electron chi connectivity index (χ1n) is 5.00. The summed E-state index contributed by atoms with van der Waals surface area (Å²) in [5.74, 6) is -0.748. The monoisotopic (exact) mass is 224 g/mol. The van der Waals surface area contributed by atoms with Gasteiger partial charge in [0.1, 0.15) is 5.82 Å². The van der Waals surface area contributed by atoms with E-state index in [1.807, 2.05) is 0 Å². The fourth-order valence-electron chi connectivity index (χ4n) is 1.54. The molecule has 86 valence electrons. The van der Waals surface area contributed by atoms with Crippen molar-refractivity contribution in [2.24, 2.45) is 5.73 Å². The van der Waals surface area contributed by atoms with Crippen LogP contribution in [0.15, 0.2) is 24.3 Å². The minimum atomic E-state index is -0.588. The number of carbonyl (C=O) groups excluding carboxylic acids is 1. The Morgan fingerprint density at radius 2 is 2.19 bits per heavy atom. The molecule has 3 N–H and O–H groups in total. The van der Waals surface area contributed by atoms with Crippen molar-refractivity contribution in [3.8, 4) is 0 Å². The maximum absolute atomic E-state index is 13.2. The number of rotatable bonds is 3. The zero-order chi connectivity index (χ0) is 11.6. The number of anilines is 1. The topological polar surface area (TPSA) is 64.4 Å². The number of ether oxygens (including phenoxy) is 1. The molecular formula is C11H13FN2O2. The lowest BCUT2D eigenvalue weighted by Crippen LogP contribution is -2.58. The minimum absolute atomic E-state index is 0.140. The number of para-hydroxylation sites is 1. The van der Waals surface area contributed by atoms with Crippen LogP contribution in [0.1, 0.15) is 6.42 Å². The predicted molar refractivity (Wildman–Crippen MR) is 57.4 cm³/mol. The van der Waals surface area contributed by atoms with E-state index in [4.69, 9.17) is 10.5 Å². The summed E-state index contributed by atoms with van der Waals surface area (Å²) in [6, 6.07) is 6.02. The maximum Gasteiger partial charge on any atom is 0.226 e. The normalized spacial score (nSPS) is 17.6. The molecule has 0 aromatic heterocycles. The summed E-state index contributed by atoms with van der Waals surface area (Å²) >= 11 is 0. The van der Waals surface area contributed by atoms with Gasteiger partial charge in [0.05, 0.1) is 24.4 Å². The molecule has 0 unspecified atom stereocenters. The third-order valence-electron chi connectivity index (χ3n) is 2.44. The van der Waals surface area contributed by atoms with Gasteiger partial charge in [0, 0.05) is 6.42 Å². The van der Waals surface area contributed by atoms with Crippen molar-refractivity contribution in [2.75, 3.05) is 18.5 Å². The molecule has 1 amide bonds. The Labute approximate surface area is 92.6 Å². The largest absolute Gasteiger partial charge is 0.377 e. The van der Waals surface area contributed by atoms with E-state index in [1.54, 1.807) is 12.1 Å². The van der Waals surface area contributed by atoms with Gasteiger partial charge in [-0.05, 0) is 12.1 Å². The summed E-state index contributed by atoms with van der Waals surface area (Å²) < 4.78 is 18.1. The molecule has 1 saturated heterocycles. The lowest BCUT2D eigenvalue weighted by Gasteiger charge is -2.37.